The highest BCUT2D eigenvalue weighted by Crippen LogP contribution is 2.31. The molecular weight excluding hydrogens is 294 g/mol. The lowest BCUT2D eigenvalue weighted by molar-refractivity contribution is -0.140. The molecule has 0 aliphatic carbocycles. The molecule has 0 fully saturated rings. The largest absolute Gasteiger partial charge is 0.496 e. The van der Waals surface area contributed by atoms with Crippen LogP contribution in [0.4, 0.5) is 0 Å². The van der Waals surface area contributed by atoms with Crippen molar-refractivity contribution in [2.24, 2.45) is 0 Å². The topological polar surface area (TPSA) is 111 Å². The van der Waals surface area contributed by atoms with Crippen molar-refractivity contribution in [3.05, 3.63) is 30.5 Å². The lowest BCUT2D eigenvalue weighted by Crippen LogP contribution is -2.01. The Morgan fingerprint density at radius 2 is 2.00 bits per heavy atom. The van der Waals surface area contributed by atoms with Crippen LogP contribution < -0.4 is 4.74 Å². The molecule has 4 N–H and O–H groups in total. The lowest BCUT2D eigenvalue weighted by atomic mass is 10.2. The van der Waals surface area contributed by atoms with Crippen LogP contribution in [0.3, 0.4) is 0 Å². The fourth-order valence-corrected chi connectivity index (χ4v) is 2.73. The highest BCUT2D eigenvalue weighted by molar-refractivity contribution is 7.99. The molecule has 1 aromatic heterocycles. The van der Waals surface area contributed by atoms with Crippen LogP contribution in [0.15, 0.2) is 35.4 Å². The summed E-state index contributed by atoms with van der Waals surface area (Å²) in [5, 5.41) is 0.980. The summed E-state index contributed by atoms with van der Waals surface area (Å²) in [6.45, 7) is 0. The summed E-state index contributed by atoms with van der Waals surface area (Å²) in [6.07, 6.45) is 2.12. The predicted molar refractivity (Wildman–Crippen MR) is 82.9 cm³/mol. The van der Waals surface area contributed by atoms with Crippen LogP contribution in [-0.4, -0.2) is 41.9 Å². The van der Waals surface area contributed by atoms with E-state index in [1.165, 1.54) is 7.11 Å². The first-order chi connectivity index (χ1) is 9.26. The number of esters is 1. The number of hydrogen-bond acceptors (Lipinski definition) is 5. The number of hydrogen-bond donors (Lipinski definition) is 0. The molecule has 2 aromatic rings. The Hall–Kier alpha value is -1.83. The van der Waals surface area contributed by atoms with Gasteiger partial charge in [-0.1, -0.05) is 6.07 Å². The molecule has 0 amide bonds. The van der Waals surface area contributed by atoms with E-state index in [0.717, 1.165) is 21.5 Å². The molecule has 0 radical (unpaired) electrons. The predicted octanol–water partition coefficient (Wildman–Crippen LogP) is 1.25. The smallest absolute Gasteiger partial charge is 0.306 e. The number of para-hydroxylation sites is 1. The van der Waals surface area contributed by atoms with Crippen LogP contribution in [0.25, 0.3) is 10.9 Å². The molecule has 0 atom stereocenters. The van der Waals surface area contributed by atoms with Crippen molar-refractivity contribution in [2.75, 3.05) is 20.0 Å². The number of carbonyl (C=O) groups excluding carboxylic acids is 1. The fraction of sp³-hybridized carbons (Fsp3) is 0.286. The van der Waals surface area contributed by atoms with E-state index in [0.29, 0.717) is 12.2 Å². The summed E-state index contributed by atoms with van der Waals surface area (Å²) < 4.78 is 9.94. The van der Waals surface area contributed by atoms with Gasteiger partial charge in [0.1, 0.15) is 5.75 Å². The number of benzene rings is 1. The van der Waals surface area contributed by atoms with E-state index in [-0.39, 0.29) is 16.9 Å². The van der Waals surface area contributed by atoms with Gasteiger partial charge in [0.15, 0.2) is 0 Å². The van der Waals surface area contributed by atoms with E-state index in [1.54, 1.807) is 25.1 Å². The van der Waals surface area contributed by atoms with Crippen LogP contribution in [0.5, 0.6) is 5.75 Å². The van der Waals surface area contributed by atoms with Crippen LogP contribution in [0.1, 0.15) is 6.42 Å². The molecule has 2 rings (SSSR count). The summed E-state index contributed by atoms with van der Waals surface area (Å²) in [6, 6.07) is 7.78. The number of pyridine rings is 1. The van der Waals surface area contributed by atoms with Gasteiger partial charge in [0.2, 0.25) is 0 Å². The second-order valence-corrected chi connectivity index (χ2v) is 4.98. The third kappa shape index (κ3) is 4.59. The van der Waals surface area contributed by atoms with Crippen LogP contribution in [-0.2, 0) is 9.53 Å². The number of fused-ring (bicyclic) bond motifs is 1. The minimum Gasteiger partial charge on any atom is -0.496 e. The highest BCUT2D eigenvalue weighted by atomic mass is 32.2. The van der Waals surface area contributed by atoms with E-state index in [2.05, 4.69) is 9.72 Å². The molecule has 116 valence electrons. The molecular formula is C14H19NO5S. The number of rotatable bonds is 5. The van der Waals surface area contributed by atoms with Gasteiger partial charge in [-0.25, -0.2) is 0 Å². The molecule has 0 saturated carbocycles. The molecule has 0 unspecified atom stereocenters. The van der Waals surface area contributed by atoms with Gasteiger partial charge in [-0.05, 0) is 18.2 Å². The maximum atomic E-state index is 11.1. The van der Waals surface area contributed by atoms with Gasteiger partial charge >= 0.3 is 5.97 Å². The van der Waals surface area contributed by atoms with Crippen molar-refractivity contribution in [3.8, 4) is 5.75 Å². The van der Waals surface area contributed by atoms with Crippen LogP contribution >= 0.6 is 11.8 Å². The molecule has 1 aromatic carbocycles. The second-order valence-electron chi connectivity index (χ2n) is 3.84. The zero-order valence-electron chi connectivity index (χ0n) is 11.9. The second kappa shape index (κ2) is 9.17. The van der Waals surface area contributed by atoms with E-state index in [9.17, 15) is 4.79 Å². The Morgan fingerprint density at radius 1 is 1.24 bits per heavy atom. The average molecular weight is 313 g/mol. The first kappa shape index (κ1) is 19.2. The minimum absolute atomic E-state index is 0. The number of methoxy groups -OCH3 is 2. The molecule has 21 heavy (non-hydrogen) atoms. The molecule has 6 nitrogen and oxygen atoms in total. The van der Waals surface area contributed by atoms with Gasteiger partial charge in [-0.2, -0.15) is 0 Å². The Morgan fingerprint density at radius 3 is 2.67 bits per heavy atom. The van der Waals surface area contributed by atoms with Gasteiger partial charge in [0, 0.05) is 22.2 Å². The zero-order chi connectivity index (χ0) is 13.7. The molecule has 0 aliphatic rings. The Bertz CT molecular complexity index is 591. The Balaban J connectivity index is 0.00000200. The monoisotopic (exact) mass is 313 g/mol. The molecule has 0 aliphatic heterocycles. The Kier molecular flexibility index (Phi) is 8.37. The molecule has 1 heterocycles. The van der Waals surface area contributed by atoms with E-state index in [4.69, 9.17) is 4.74 Å². The first-order valence-corrected chi connectivity index (χ1v) is 6.86. The molecule has 7 heteroatoms. The number of aromatic nitrogens is 1. The Labute approximate surface area is 127 Å². The average Bonchev–Trinajstić information content (AvgIpc) is 2.46. The number of ether oxygens (including phenoxy) is 2. The van der Waals surface area contributed by atoms with Crippen molar-refractivity contribution in [1.29, 1.82) is 0 Å². The number of nitrogens with zero attached hydrogens (tertiary/aromatic N) is 1. The fourth-order valence-electron chi connectivity index (χ4n) is 1.76. The summed E-state index contributed by atoms with van der Waals surface area (Å²) in [5.41, 5.74) is 0.900. The quantitative estimate of drug-likeness (QED) is 0.609. The molecule has 0 spiro atoms. The summed E-state index contributed by atoms with van der Waals surface area (Å²) in [4.78, 5) is 16.5. The standard InChI is InChI=1S/C14H15NO3S.2H2O/c1-17-11-6-8-15-14-10(11)4-3-5-12(14)19-9-7-13(16)18-2;;/h3-6,8H,7,9H2,1-2H3;2*1H2. The van der Waals surface area contributed by atoms with Gasteiger partial charge in [-0.3, -0.25) is 9.78 Å². The van der Waals surface area contributed by atoms with E-state index in [1.807, 2.05) is 24.3 Å². The van der Waals surface area contributed by atoms with Crippen LogP contribution in [0.2, 0.25) is 0 Å². The van der Waals surface area contributed by atoms with Crippen molar-refractivity contribution >= 4 is 28.6 Å². The molecule has 0 saturated heterocycles. The molecule has 0 bridgehead atoms. The third-order valence-corrected chi connectivity index (χ3v) is 3.75. The SMILES string of the molecule is COC(=O)CCSc1cccc2c(OC)ccnc12.O.O. The van der Waals surface area contributed by atoms with Gasteiger partial charge in [-0.15, -0.1) is 11.8 Å². The van der Waals surface area contributed by atoms with Crippen molar-refractivity contribution in [2.45, 2.75) is 11.3 Å². The van der Waals surface area contributed by atoms with Gasteiger partial charge in [0.25, 0.3) is 0 Å². The minimum atomic E-state index is -0.196. The summed E-state index contributed by atoms with van der Waals surface area (Å²) in [7, 11) is 3.04. The van der Waals surface area contributed by atoms with Crippen molar-refractivity contribution < 1.29 is 25.2 Å². The lowest BCUT2D eigenvalue weighted by Gasteiger charge is -2.08. The van der Waals surface area contributed by atoms with Crippen LogP contribution in [0, 0.1) is 0 Å². The van der Waals surface area contributed by atoms with Gasteiger partial charge < -0.3 is 20.4 Å². The first-order valence-electron chi connectivity index (χ1n) is 5.87. The van der Waals surface area contributed by atoms with E-state index >= 15 is 0 Å². The summed E-state index contributed by atoms with van der Waals surface area (Å²) >= 11 is 1.59. The van der Waals surface area contributed by atoms with Crippen molar-refractivity contribution in [3.63, 3.8) is 0 Å². The third-order valence-electron chi connectivity index (χ3n) is 2.71. The number of thioether (sulfide) groups is 1. The normalized spacial score (nSPS) is 9.43. The number of carbonyl (C=O) groups is 1. The highest BCUT2D eigenvalue weighted by Gasteiger charge is 2.08. The maximum absolute atomic E-state index is 11.1. The maximum Gasteiger partial charge on any atom is 0.306 e. The van der Waals surface area contributed by atoms with E-state index < -0.39 is 0 Å². The van der Waals surface area contributed by atoms with Crippen molar-refractivity contribution in [1.82, 2.24) is 4.98 Å². The zero-order valence-corrected chi connectivity index (χ0v) is 12.7. The summed E-state index contributed by atoms with van der Waals surface area (Å²) in [5.74, 6) is 1.28. The van der Waals surface area contributed by atoms with Gasteiger partial charge in [0.05, 0.1) is 26.2 Å².